The Morgan fingerprint density at radius 3 is 2.30 bits per heavy atom. The van der Waals surface area contributed by atoms with Crippen molar-refractivity contribution < 1.29 is 14.3 Å². The van der Waals surface area contributed by atoms with E-state index in [1.165, 1.54) is 0 Å². The summed E-state index contributed by atoms with van der Waals surface area (Å²) < 4.78 is 5.20. The van der Waals surface area contributed by atoms with Gasteiger partial charge in [0, 0.05) is 6.42 Å². The Morgan fingerprint density at radius 1 is 1.20 bits per heavy atom. The molecule has 0 radical (unpaired) electrons. The third kappa shape index (κ3) is 5.87. The molecule has 1 amide bonds. The number of hydrogen-bond donors (Lipinski definition) is 1. The van der Waals surface area contributed by atoms with Gasteiger partial charge in [-0.1, -0.05) is 37.3 Å². The number of carbonyl (C=O) groups excluding carboxylic acids is 2. The Kier molecular flexibility index (Phi) is 5.74. The highest BCUT2D eigenvalue weighted by atomic mass is 16.6. The summed E-state index contributed by atoms with van der Waals surface area (Å²) in [6.45, 7) is 7.17. The second-order valence-electron chi connectivity index (χ2n) is 5.71. The predicted octanol–water partition coefficient (Wildman–Crippen LogP) is 3.10. The molecule has 110 valence electrons. The van der Waals surface area contributed by atoms with Crippen molar-refractivity contribution in [2.75, 3.05) is 0 Å². The molecule has 0 bridgehead atoms. The number of Topliss-reactive ketones (excluding diaryl/α,β-unsaturated/α-hetero) is 1. The first kappa shape index (κ1) is 16.2. The van der Waals surface area contributed by atoms with Crippen LogP contribution in [0.2, 0.25) is 0 Å². The summed E-state index contributed by atoms with van der Waals surface area (Å²) in [6, 6.07) is 9.07. The lowest BCUT2D eigenvalue weighted by Gasteiger charge is -2.23. The number of carbonyl (C=O) groups is 2. The van der Waals surface area contributed by atoms with Crippen molar-refractivity contribution in [3.63, 3.8) is 0 Å². The van der Waals surface area contributed by atoms with E-state index in [0.29, 0.717) is 12.8 Å². The maximum absolute atomic E-state index is 11.9. The molecule has 20 heavy (non-hydrogen) atoms. The molecule has 0 unspecified atom stereocenters. The van der Waals surface area contributed by atoms with Crippen LogP contribution < -0.4 is 5.32 Å². The SMILES string of the molecule is CCC(=O)[C@@H](Cc1ccccc1)NC(=O)OC(C)(C)C. The van der Waals surface area contributed by atoms with Crippen LogP contribution in [0.25, 0.3) is 0 Å². The van der Waals surface area contributed by atoms with E-state index in [-0.39, 0.29) is 5.78 Å². The van der Waals surface area contributed by atoms with E-state index in [1.807, 2.05) is 30.3 Å². The quantitative estimate of drug-likeness (QED) is 0.899. The molecule has 0 saturated carbocycles. The third-order valence-corrected chi connectivity index (χ3v) is 2.71. The van der Waals surface area contributed by atoms with E-state index in [1.54, 1.807) is 27.7 Å². The van der Waals surface area contributed by atoms with Gasteiger partial charge in [-0.05, 0) is 32.8 Å². The fraction of sp³-hybridized carbons (Fsp3) is 0.500. The minimum absolute atomic E-state index is 0.000266. The van der Waals surface area contributed by atoms with Gasteiger partial charge >= 0.3 is 6.09 Å². The third-order valence-electron chi connectivity index (χ3n) is 2.71. The Morgan fingerprint density at radius 2 is 1.80 bits per heavy atom. The molecular weight excluding hydrogens is 254 g/mol. The van der Waals surface area contributed by atoms with E-state index in [0.717, 1.165) is 5.56 Å². The molecule has 0 aliphatic carbocycles. The first-order valence-electron chi connectivity index (χ1n) is 6.88. The van der Waals surface area contributed by atoms with Crippen molar-refractivity contribution in [2.45, 2.75) is 52.2 Å². The number of amides is 1. The van der Waals surface area contributed by atoms with Crippen LogP contribution in [0.5, 0.6) is 0 Å². The lowest BCUT2D eigenvalue weighted by Crippen LogP contribution is -2.44. The van der Waals surface area contributed by atoms with Crippen molar-refractivity contribution in [2.24, 2.45) is 0 Å². The summed E-state index contributed by atoms with van der Waals surface area (Å²) >= 11 is 0. The summed E-state index contributed by atoms with van der Waals surface area (Å²) in [5.41, 5.74) is 0.437. The molecule has 0 aliphatic rings. The van der Waals surface area contributed by atoms with E-state index < -0.39 is 17.7 Å². The van der Waals surface area contributed by atoms with Crippen molar-refractivity contribution >= 4 is 11.9 Å². The topological polar surface area (TPSA) is 55.4 Å². The number of nitrogens with one attached hydrogen (secondary N) is 1. The van der Waals surface area contributed by atoms with Crippen LogP contribution in [-0.2, 0) is 16.0 Å². The van der Waals surface area contributed by atoms with E-state index >= 15 is 0 Å². The lowest BCUT2D eigenvalue weighted by molar-refractivity contribution is -0.120. The maximum atomic E-state index is 11.9. The van der Waals surface area contributed by atoms with Crippen molar-refractivity contribution in [3.05, 3.63) is 35.9 Å². The molecule has 1 atom stereocenters. The summed E-state index contributed by atoms with van der Waals surface area (Å²) in [4.78, 5) is 23.7. The number of ketones is 1. The Bertz CT molecular complexity index is 449. The summed E-state index contributed by atoms with van der Waals surface area (Å²) in [7, 11) is 0. The molecular formula is C16H23NO3. The average molecular weight is 277 g/mol. The van der Waals surface area contributed by atoms with E-state index in [4.69, 9.17) is 4.74 Å². The minimum atomic E-state index is -0.573. The van der Waals surface area contributed by atoms with Crippen LogP contribution in [0.15, 0.2) is 30.3 Å². The number of hydrogen-bond acceptors (Lipinski definition) is 3. The van der Waals surface area contributed by atoms with Crippen LogP contribution in [0, 0.1) is 0 Å². The second kappa shape index (κ2) is 7.08. The van der Waals surface area contributed by atoms with Crippen LogP contribution in [0.4, 0.5) is 4.79 Å². The summed E-state index contributed by atoms with van der Waals surface area (Å²) in [5, 5.41) is 2.66. The van der Waals surface area contributed by atoms with Gasteiger partial charge in [0.05, 0.1) is 6.04 Å². The molecule has 4 heteroatoms. The fourth-order valence-electron chi connectivity index (χ4n) is 1.79. The van der Waals surface area contributed by atoms with Gasteiger partial charge in [0.2, 0.25) is 0 Å². The molecule has 4 nitrogen and oxygen atoms in total. The highest BCUT2D eigenvalue weighted by molar-refractivity contribution is 5.87. The minimum Gasteiger partial charge on any atom is -0.444 e. The van der Waals surface area contributed by atoms with E-state index in [2.05, 4.69) is 5.32 Å². The van der Waals surface area contributed by atoms with Gasteiger partial charge in [-0.15, -0.1) is 0 Å². The van der Waals surface area contributed by atoms with Crippen LogP contribution in [0.3, 0.4) is 0 Å². The molecule has 0 aromatic heterocycles. The number of rotatable bonds is 5. The van der Waals surface area contributed by atoms with E-state index in [9.17, 15) is 9.59 Å². The van der Waals surface area contributed by atoms with Gasteiger partial charge in [-0.2, -0.15) is 0 Å². The molecule has 1 N–H and O–H groups in total. The standard InChI is InChI=1S/C16H23NO3/c1-5-14(18)13(11-12-9-7-6-8-10-12)17-15(19)20-16(2,3)4/h6-10,13H,5,11H2,1-4H3,(H,17,19)/t13-/m1/s1. The van der Waals surface area contributed by atoms with Gasteiger partial charge < -0.3 is 10.1 Å². The van der Waals surface area contributed by atoms with Crippen molar-refractivity contribution in [1.82, 2.24) is 5.32 Å². The number of alkyl carbamates (subject to hydrolysis) is 1. The highest BCUT2D eigenvalue weighted by Gasteiger charge is 2.23. The molecule has 0 aliphatic heterocycles. The van der Waals surface area contributed by atoms with Crippen molar-refractivity contribution in [3.8, 4) is 0 Å². The monoisotopic (exact) mass is 277 g/mol. The predicted molar refractivity (Wildman–Crippen MR) is 78.6 cm³/mol. The first-order chi connectivity index (χ1) is 9.31. The van der Waals surface area contributed by atoms with Gasteiger partial charge in [-0.25, -0.2) is 4.79 Å². The molecule has 0 saturated heterocycles. The maximum Gasteiger partial charge on any atom is 0.408 e. The lowest BCUT2D eigenvalue weighted by atomic mass is 10.0. The van der Waals surface area contributed by atoms with Gasteiger partial charge in [0.1, 0.15) is 5.60 Å². The zero-order chi connectivity index (χ0) is 15.2. The Balaban J connectivity index is 2.70. The zero-order valence-corrected chi connectivity index (χ0v) is 12.6. The smallest absolute Gasteiger partial charge is 0.408 e. The van der Waals surface area contributed by atoms with Crippen LogP contribution >= 0.6 is 0 Å². The highest BCUT2D eigenvalue weighted by Crippen LogP contribution is 2.09. The van der Waals surface area contributed by atoms with Crippen molar-refractivity contribution in [1.29, 1.82) is 0 Å². The number of benzene rings is 1. The molecule has 0 spiro atoms. The first-order valence-corrected chi connectivity index (χ1v) is 6.88. The molecule has 1 rings (SSSR count). The van der Waals surface area contributed by atoms with Gasteiger partial charge in [-0.3, -0.25) is 4.79 Å². The molecule has 1 aromatic carbocycles. The summed E-state index contributed by atoms with van der Waals surface area (Å²) in [6.07, 6.45) is 0.306. The zero-order valence-electron chi connectivity index (χ0n) is 12.6. The van der Waals surface area contributed by atoms with Crippen LogP contribution in [0.1, 0.15) is 39.7 Å². The van der Waals surface area contributed by atoms with Gasteiger partial charge in [0.25, 0.3) is 0 Å². The fourth-order valence-corrected chi connectivity index (χ4v) is 1.79. The largest absolute Gasteiger partial charge is 0.444 e. The van der Waals surface area contributed by atoms with Crippen LogP contribution in [-0.4, -0.2) is 23.5 Å². The average Bonchev–Trinajstić information content (AvgIpc) is 2.36. The summed E-state index contributed by atoms with van der Waals surface area (Å²) in [5.74, 6) is -0.000266. The Hall–Kier alpha value is -1.84. The molecule has 1 aromatic rings. The van der Waals surface area contributed by atoms with Gasteiger partial charge in [0.15, 0.2) is 5.78 Å². The Labute approximate surface area is 120 Å². The second-order valence-corrected chi connectivity index (χ2v) is 5.71. The normalized spacial score (nSPS) is 12.6. The molecule has 0 heterocycles. The number of ether oxygens (including phenoxy) is 1. The molecule has 0 fully saturated rings.